The van der Waals surface area contributed by atoms with Crippen molar-refractivity contribution in [1.29, 1.82) is 0 Å². The average Bonchev–Trinajstić information content (AvgIpc) is 3.68. The predicted octanol–water partition coefficient (Wildman–Crippen LogP) is 8.21. The summed E-state index contributed by atoms with van der Waals surface area (Å²) in [5.74, 6) is 2.37. The Morgan fingerprint density at radius 1 is 0.608 bits per heavy atom. The van der Waals surface area contributed by atoms with Crippen molar-refractivity contribution in [1.82, 2.24) is 24.1 Å². The second-order valence-corrected chi connectivity index (χ2v) is 12.0. The van der Waals surface area contributed by atoms with E-state index in [1.165, 1.54) is 0 Å². The molecule has 51 heavy (non-hydrogen) atoms. The zero-order chi connectivity index (χ0) is 33.2. The van der Waals surface area contributed by atoms with Crippen LogP contribution >= 0.6 is 0 Å². The van der Waals surface area contributed by atoms with Crippen LogP contribution in [0.3, 0.4) is 0 Å². The number of hydrogen-bond acceptors (Lipinski definition) is 5. The van der Waals surface area contributed by atoms with Crippen LogP contribution in [0.4, 0.5) is 5.82 Å². The van der Waals surface area contributed by atoms with Crippen LogP contribution in [0.25, 0.3) is 61.0 Å². The van der Waals surface area contributed by atoms with Crippen molar-refractivity contribution in [2.75, 3.05) is 0 Å². The van der Waals surface area contributed by atoms with Gasteiger partial charge in [0.05, 0.1) is 29.5 Å². The largest absolute Gasteiger partial charge is 0.510 e. The second-order valence-electron chi connectivity index (χ2n) is 12.0. The fourth-order valence-electron chi connectivity index (χ4n) is 6.89. The minimum absolute atomic E-state index is 0. The van der Waals surface area contributed by atoms with E-state index >= 15 is 0 Å². The van der Waals surface area contributed by atoms with Crippen molar-refractivity contribution in [3.8, 4) is 39.7 Å². The molecule has 5 aromatic heterocycles. The van der Waals surface area contributed by atoms with Gasteiger partial charge in [-0.15, -0.1) is 29.7 Å². The Balaban J connectivity index is 0.00000348. The van der Waals surface area contributed by atoms with Crippen LogP contribution in [0.5, 0.6) is 11.5 Å². The summed E-state index contributed by atoms with van der Waals surface area (Å²) in [6.45, 7) is 0. The fourth-order valence-corrected chi connectivity index (χ4v) is 6.89. The molecule has 0 unspecified atom stereocenters. The van der Waals surface area contributed by atoms with Gasteiger partial charge >= 0.3 is 0 Å². The normalized spacial score (nSPS) is 13.0. The topological polar surface area (TPSA) is 74.0 Å². The predicted molar refractivity (Wildman–Crippen MR) is 193 cm³/mol. The molecular weight excluding hydrogens is 814 g/mol. The first kappa shape index (κ1) is 30.8. The second kappa shape index (κ2) is 12.3. The molecule has 6 heterocycles. The molecule has 1 aliphatic heterocycles. The monoisotopic (exact) mass is 838 g/mol. The number of benzene rings is 4. The van der Waals surface area contributed by atoms with Gasteiger partial charge in [0.15, 0.2) is 5.82 Å². The molecule has 10 rings (SSSR count). The first-order valence-electron chi connectivity index (χ1n) is 16.2. The molecule has 0 spiro atoms. The molecule has 0 radical (unpaired) electrons. The average molecular weight is 839 g/mol. The van der Waals surface area contributed by atoms with E-state index in [2.05, 4.69) is 65.5 Å². The van der Waals surface area contributed by atoms with Crippen LogP contribution in [0.1, 0.15) is 5.56 Å². The molecule has 246 valence electrons. The minimum Gasteiger partial charge on any atom is -0.510 e. The molecule has 0 bridgehead atoms. The van der Waals surface area contributed by atoms with Crippen molar-refractivity contribution in [2.24, 2.45) is 12.0 Å². The number of pyridine rings is 3. The molecule has 9 heteroatoms. The number of nitrogens with zero attached hydrogens (tertiary/aromatic N) is 7. The summed E-state index contributed by atoms with van der Waals surface area (Å²) in [6.07, 6.45) is 8.74. The number of aromatic nitrogens is 6. The number of ether oxygens (including phenoxy) is 1. The van der Waals surface area contributed by atoms with E-state index in [1.807, 2.05) is 95.2 Å². The van der Waals surface area contributed by atoms with Crippen LogP contribution in [-0.4, -0.2) is 29.9 Å². The van der Waals surface area contributed by atoms with Gasteiger partial charge in [-0.2, -0.15) is 18.2 Å². The van der Waals surface area contributed by atoms with Crippen LogP contribution < -0.4 is 9.30 Å². The third-order valence-corrected chi connectivity index (χ3v) is 9.08. The molecule has 9 aromatic rings. The quantitative estimate of drug-likeness (QED) is 0.133. The molecule has 8 nitrogen and oxygen atoms in total. The van der Waals surface area contributed by atoms with Crippen molar-refractivity contribution in [3.63, 3.8) is 0 Å². The number of hydrogen-bond donors (Lipinski definition) is 0. The number of aryl methyl sites for hydroxylation is 1. The number of rotatable bonds is 3. The molecule has 0 N–H and O–H groups in total. The van der Waals surface area contributed by atoms with Crippen LogP contribution in [0.15, 0.2) is 139 Å². The Labute approximate surface area is 307 Å². The zero-order valence-electron chi connectivity index (χ0n) is 27.1. The fraction of sp³-hybridized carbons (Fsp3) is 0.0238. The Morgan fingerprint density at radius 3 is 2.18 bits per heavy atom. The van der Waals surface area contributed by atoms with Gasteiger partial charge in [-0.1, -0.05) is 53.7 Å². The van der Waals surface area contributed by atoms with E-state index in [-0.39, 0.29) is 21.1 Å². The molecule has 0 aliphatic carbocycles. The van der Waals surface area contributed by atoms with E-state index in [9.17, 15) is 0 Å². The van der Waals surface area contributed by atoms with Gasteiger partial charge in [0.25, 0.3) is 0 Å². The molecule has 0 atom stereocenters. The third-order valence-electron chi connectivity index (χ3n) is 9.08. The van der Waals surface area contributed by atoms with Gasteiger partial charge in [0, 0.05) is 73.4 Å². The van der Waals surface area contributed by atoms with Gasteiger partial charge in [-0.25, -0.2) is 9.98 Å². The van der Waals surface area contributed by atoms with Crippen molar-refractivity contribution in [2.45, 2.75) is 0 Å². The van der Waals surface area contributed by atoms with Crippen molar-refractivity contribution >= 4 is 44.5 Å². The SMILES string of the molecule is Cn1[c-][n+](-c2[c-]c(Oc3[c-]c4c(cc3)c3ccccc3n4/C3=N/c4ncccc4-c4ncccc4-c4ncccc43)ccc2)c2ccccc21.[Pt]. The first-order chi connectivity index (χ1) is 24.7. The molecular formula is C42H25N7OPt-2. The third kappa shape index (κ3) is 4.98. The number of para-hydroxylation sites is 3. The molecule has 1 aliphatic rings. The van der Waals surface area contributed by atoms with E-state index in [1.54, 1.807) is 12.4 Å². The van der Waals surface area contributed by atoms with Crippen LogP contribution in [0, 0.1) is 18.5 Å². The smallest absolute Gasteiger partial charge is 0.242 e. The van der Waals surface area contributed by atoms with Crippen LogP contribution in [0.2, 0.25) is 0 Å². The van der Waals surface area contributed by atoms with E-state index in [4.69, 9.17) is 24.7 Å². The standard InChI is InChI=1S/C42H25N7O.Pt/c1-47-26-48(37-18-5-4-17-36(37)47)27-10-6-11-28(24-27)50-29-19-20-31-30-12-2-3-16-35(30)49(38(31)25-29)42-34-15-9-22-44-40(34)32-13-7-21-43-39(32)33-14-8-23-45-41(33)46-42;/h2-23H,1H3;/q-2;/b39-33?,40-32?,42-34?,46-41?,46-42+;. The number of aliphatic imine (C=N–C) groups is 1. The Hall–Kier alpha value is -6.24. The summed E-state index contributed by atoms with van der Waals surface area (Å²) in [5.41, 5.74) is 8.90. The Kier molecular flexibility index (Phi) is 7.41. The number of fused-ring (bicyclic) bond motifs is 9. The van der Waals surface area contributed by atoms with Crippen molar-refractivity contribution < 1.29 is 30.4 Å². The summed E-state index contributed by atoms with van der Waals surface area (Å²) in [7, 11) is 1.99. The maximum Gasteiger partial charge on any atom is 0.242 e. The van der Waals surface area contributed by atoms with E-state index < -0.39 is 0 Å². The Bertz CT molecular complexity index is 2840. The summed E-state index contributed by atoms with van der Waals surface area (Å²) in [6, 6.07) is 45.3. The van der Waals surface area contributed by atoms with Crippen LogP contribution in [-0.2, 0) is 28.1 Å². The summed E-state index contributed by atoms with van der Waals surface area (Å²) >= 11 is 0. The van der Waals surface area contributed by atoms with Gasteiger partial charge in [-0.3, -0.25) is 9.97 Å². The number of imidazole rings is 1. The summed E-state index contributed by atoms with van der Waals surface area (Å²) in [5, 5.41) is 2.09. The molecule has 0 amide bonds. The minimum atomic E-state index is 0. The molecule has 0 fully saturated rings. The summed E-state index contributed by atoms with van der Waals surface area (Å²) in [4.78, 5) is 19.7. The maximum absolute atomic E-state index is 6.49. The van der Waals surface area contributed by atoms with E-state index in [0.717, 1.165) is 66.6 Å². The molecule has 0 saturated heterocycles. The van der Waals surface area contributed by atoms with Gasteiger partial charge in [0.2, 0.25) is 6.33 Å². The zero-order valence-corrected chi connectivity index (χ0v) is 29.3. The first-order valence-corrected chi connectivity index (χ1v) is 16.2. The van der Waals surface area contributed by atoms with Gasteiger partial charge < -0.3 is 18.4 Å². The van der Waals surface area contributed by atoms with Crippen molar-refractivity contribution in [3.05, 3.63) is 158 Å². The summed E-state index contributed by atoms with van der Waals surface area (Å²) < 4.78 is 12.6. The van der Waals surface area contributed by atoms with Gasteiger partial charge in [-0.05, 0) is 47.9 Å². The van der Waals surface area contributed by atoms with E-state index in [0.29, 0.717) is 23.2 Å². The Morgan fingerprint density at radius 2 is 1.31 bits per heavy atom. The molecule has 4 aromatic carbocycles. The molecule has 0 saturated carbocycles. The maximum atomic E-state index is 6.49. The van der Waals surface area contributed by atoms with Gasteiger partial charge in [0.1, 0.15) is 5.84 Å².